The number of aliphatic hydroxyl groups is 1. The van der Waals surface area contributed by atoms with Crippen molar-refractivity contribution in [1.29, 1.82) is 0 Å². The second-order valence-corrected chi connectivity index (χ2v) is 4.22. The predicted molar refractivity (Wildman–Crippen MR) is 69.1 cm³/mol. The predicted octanol–water partition coefficient (Wildman–Crippen LogP) is 0.967. The summed E-state index contributed by atoms with van der Waals surface area (Å²) >= 11 is 0. The van der Waals surface area contributed by atoms with Gasteiger partial charge >= 0.3 is 6.09 Å². The molecule has 0 saturated heterocycles. The molecule has 0 spiro atoms. The van der Waals surface area contributed by atoms with E-state index in [2.05, 4.69) is 10.2 Å². The molecule has 0 unspecified atom stereocenters. The zero-order valence-corrected chi connectivity index (χ0v) is 10.8. The summed E-state index contributed by atoms with van der Waals surface area (Å²) in [6.45, 7) is 1.10. The number of nitrogens with one attached hydrogen (secondary N) is 1. The van der Waals surface area contributed by atoms with Crippen molar-refractivity contribution in [3.8, 4) is 0 Å². The Balaban J connectivity index is 2.53. The van der Waals surface area contributed by atoms with E-state index in [4.69, 9.17) is 9.84 Å². The van der Waals surface area contributed by atoms with E-state index < -0.39 is 6.09 Å². The molecule has 1 amide bonds. The molecular formula is C13H20N2O3. The third kappa shape index (κ3) is 5.16. The van der Waals surface area contributed by atoms with Gasteiger partial charge in [0.05, 0.1) is 6.61 Å². The molecule has 0 radical (unpaired) electrons. The zero-order chi connectivity index (χ0) is 13.4. The lowest BCUT2D eigenvalue weighted by Crippen LogP contribution is -2.25. The van der Waals surface area contributed by atoms with Gasteiger partial charge in [0, 0.05) is 13.1 Å². The van der Waals surface area contributed by atoms with Crippen molar-refractivity contribution >= 4 is 6.09 Å². The SMILES string of the molecule is CN(C)Cc1ccccc1CNC(=O)OCCO. The first-order chi connectivity index (χ1) is 8.63. The van der Waals surface area contributed by atoms with Crippen LogP contribution >= 0.6 is 0 Å². The van der Waals surface area contributed by atoms with E-state index in [1.165, 1.54) is 5.56 Å². The van der Waals surface area contributed by atoms with E-state index in [1.807, 2.05) is 38.4 Å². The second kappa shape index (κ2) is 7.68. The van der Waals surface area contributed by atoms with E-state index in [9.17, 15) is 4.79 Å². The number of ether oxygens (including phenoxy) is 1. The molecule has 0 aliphatic carbocycles. The first-order valence-electron chi connectivity index (χ1n) is 5.86. The summed E-state index contributed by atoms with van der Waals surface area (Å²) in [5, 5.41) is 11.2. The van der Waals surface area contributed by atoms with Gasteiger partial charge in [-0.05, 0) is 25.2 Å². The van der Waals surface area contributed by atoms with Crippen molar-refractivity contribution in [3.05, 3.63) is 35.4 Å². The fourth-order valence-corrected chi connectivity index (χ4v) is 1.58. The van der Waals surface area contributed by atoms with Crippen molar-refractivity contribution in [1.82, 2.24) is 10.2 Å². The highest BCUT2D eigenvalue weighted by atomic mass is 16.6. The van der Waals surface area contributed by atoms with Crippen LogP contribution in [0.25, 0.3) is 0 Å². The highest BCUT2D eigenvalue weighted by Gasteiger charge is 2.05. The fraction of sp³-hybridized carbons (Fsp3) is 0.462. The van der Waals surface area contributed by atoms with Crippen LogP contribution < -0.4 is 5.32 Å². The zero-order valence-electron chi connectivity index (χ0n) is 10.8. The minimum absolute atomic E-state index is 0.0190. The van der Waals surface area contributed by atoms with Gasteiger partial charge in [-0.1, -0.05) is 24.3 Å². The maximum absolute atomic E-state index is 11.3. The first-order valence-corrected chi connectivity index (χ1v) is 5.86. The van der Waals surface area contributed by atoms with Crippen LogP contribution in [0.2, 0.25) is 0 Å². The Labute approximate surface area is 107 Å². The van der Waals surface area contributed by atoms with Gasteiger partial charge in [-0.15, -0.1) is 0 Å². The number of aliphatic hydroxyl groups excluding tert-OH is 1. The van der Waals surface area contributed by atoms with Crippen LogP contribution in [-0.4, -0.2) is 43.4 Å². The van der Waals surface area contributed by atoms with Crippen LogP contribution in [0.3, 0.4) is 0 Å². The van der Waals surface area contributed by atoms with E-state index in [1.54, 1.807) is 0 Å². The number of carbonyl (C=O) groups is 1. The second-order valence-electron chi connectivity index (χ2n) is 4.22. The molecule has 100 valence electrons. The number of nitrogens with zero attached hydrogens (tertiary/aromatic N) is 1. The van der Waals surface area contributed by atoms with Crippen LogP contribution in [0.15, 0.2) is 24.3 Å². The standard InChI is InChI=1S/C13H20N2O3/c1-15(2)10-12-6-4-3-5-11(12)9-14-13(17)18-8-7-16/h3-6,16H,7-10H2,1-2H3,(H,14,17). The molecule has 0 aromatic heterocycles. The fourth-order valence-electron chi connectivity index (χ4n) is 1.58. The molecule has 5 heteroatoms. The summed E-state index contributed by atoms with van der Waals surface area (Å²) in [5.74, 6) is 0. The van der Waals surface area contributed by atoms with Crippen molar-refractivity contribution in [3.63, 3.8) is 0 Å². The molecule has 1 aromatic rings. The normalized spacial score (nSPS) is 10.4. The maximum Gasteiger partial charge on any atom is 0.407 e. The Bertz CT molecular complexity index is 380. The summed E-state index contributed by atoms with van der Waals surface area (Å²) in [4.78, 5) is 13.3. The van der Waals surface area contributed by atoms with Gasteiger partial charge in [-0.3, -0.25) is 0 Å². The van der Waals surface area contributed by atoms with Gasteiger partial charge in [0.2, 0.25) is 0 Å². The monoisotopic (exact) mass is 252 g/mol. The minimum Gasteiger partial charge on any atom is -0.447 e. The molecule has 0 aliphatic rings. The van der Waals surface area contributed by atoms with Gasteiger partial charge in [-0.25, -0.2) is 4.79 Å². The third-order valence-electron chi connectivity index (χ3n) is 2.35. The topological polar surface area (TPSA) is 61.8 Å². The average Bonchev–Trinajstić information content (AvgIpc) is 2.34. The molecule has 0 aliphatic heterocycles. The molecule has 2 N–H and O–H groups in total. The number of rotatable bonds is 6. The highest BCUT2D eigenvalue weighted by Crippen LogP contribution is 2.10. The number of hydrogen-bond acceptors (Lipinski definition) is 4. The first kappa shape index (κ1) is 14.5. The number of benzene rings is 1. The van der Waals surface area contributed by atoms with Crippen LogP contribution in [0, 0.1) is 0 Å². The van der Waals surface area contributed by atoms with E-state index >= 15 is 0 Å². The molecular weight excluding hydrogens is 232 g/mol. The Morgan fingerprint density at radius 2 is 2.00 bits per heavy atom. The molecule has 0 fully saturated rings. The molecule has 0 heterocycles. The molecule has 5 nitrogen and oxygen atoms in total. The molecule has 0 bridgehead atoms. The largest absolute Gasteiger partial charge is 0.447 e. The summed E-state index contributed by atoms with van der Waals surface area (Å²) in [6, 6.07) is 7.93. The van der Waals surface area contributed by atoms with Crippen LogP contribution in [0.1, 0.15) is 11.1 Å². The summed E-state index contributed by atoms with van der Waals surface area (Å²) in [5.41, 5.74) is 2.23. The lowest BCUT2D eigenvalue weighted by atomic mass is 10.1. The molecule has 1 rings (SSSR count). The lowest BCUT2D eigenvalue weighted by Gasteiger charge is -2.14. The number of amides is 1. The summed E-state index contributed by atoms with van der Waals surface area (Å²) in [6.07, 6.45) is -0.510. The Morgan fingerprint density at radius 1 is 1.33 bits per heavy atom. The van der Waals surface area contributed by atoms with E-state index in [-0.39, 0.29) is 13.2 Å². The lowest BCUT2D eigenvalue weighted by molar-refractivity contribution is 0.119. The highest BCUT2D eigenvalue weighted by molar-refractivity contribution is 5.67. The number of hydrogen-bond donors (Lipinski definition) is 2. The van der Waals surface area contributed by atoms with Gasteiger partial charge < -0.3 is 20.1 Å². The van der Waals surface area contributed by atoms with Crippen LogP contribution in [0.5, 0.6) is 0 Å². The van der Waals surface area contributed by atoms with Gasteiger partial charge in [0.1, 0.15) is 6.61 Å². The van der Waals surface area contributed by atoms with Gasteiger partial charge in [0.25, 0.3) is 0 Å². The minimum atomic E-state index is -0.510. The smallest absolute Gasteiger partial charge is 0.407 e. The molecule has 0 atom stereocenters. The number of carbonyl (C=O) groups excluding carboxylic acids is 1. The summed E-state index contributed by atoms with van der Waals surface area (Å²) < 4.78 is 4.72. The Hall–Kier alpha value is -1.59. The van der Waals surface area contributed by atoms with Crippen LogP contribution in [0.4, 0.5) is 4.79 Å². The quantitative estimate of drug-likeness (QED) is 0.792. The summed E-state index contributed by atoms with van der Waals surface area (Å²) in [7, 11) is 4.00. The Morgan fingerprint density at radius 3 is 2.61 bits per heavy atom. The maximum atomic E-state index is 11.3. The van der Waals surface area contributed by atoms with Gasteiger partial charge in [-0.2, -0.15) is 0 Å². The van der Waals surface area contributed by atoms with E-state index in [0.29, 0.717) is 6.54 Å². The average molecular weight is 252 g/mol. The van der Waals surface area contributed by atoms with E-state index in [0.717, 1.165) is 12.1 Å². The van der Waals surface area contributed by atoms with Crippen LogP contribution in [-0.2, 0) is 17.8 Å². The third-order valence-corrected chi connectivity index (χ3v) is 2.35. The van der Waals surface area contributed by atoms with Gasteiger partial charge in [0.15, 0.2) is 0 Å². The molecule has 18 heavy (non-hydrogen) atoms. The molecule has 0 saturated carbocycles. The van der Waals surface area contributed by atoms with Crippen molar-refractivity contribution in [2.45, 2.75) is 13.1 Å². The number of alkyl carbamates (subject to hydrolysis) is 1. The van der Waals surface area contributed by atoms with Crippen molar-refractivity contribution in [2.24, 2.45) is 0 Å². The van der Waals surface area contributed by atoms with Crippen molar-refractivity contribution in [2.75, 3.05) is 27.3 Å². The molecule has 1 aromatic carbocycles. The Kier molecular flexibility index (Phi) is 6.18. The van der Waals surface area contributed by atoms with Crippen molar-refractivity contribution < 1.29 is 14.6 Å².